The zero-order chi connectivity index (χ0) is 36.9. The van der Waals surface area contributed by atoms with E-state index in [1.165, 1.54) is 0 Å². The first-order valence-electron chi connectivity index (χ1n) is 15.0. The molecule has 6 rings (SSSR count). The number of rotatable bonds is 3. The predicted octanol–water partition coefficient (Wildman–Crippen LogP) is 6.06. The number of halogens is 7. The van der Waals surface area contributed by atoms with Gasteiger partial charge in [0.05, 0.1) is 12.8 Å². The Bertz CT molecular complexity index is 1910. The molecule has 6 bridgehead atoms. The quantitative estimate of drug-likeness (QED) is 0.167. The van der Waals surface area contributed by atoms with Gasteiger partial charge in [-0.1, -0.05) is 23.7 Å². The average molecular weight is 737 g/mol. The number of nitrogens with zero attached hydrogens (tertiary/aromatic N) is 5. The monoisotopic (exact) mass is 736 g/mol. The number of fused-ring (bicyclic) bond motifs is 6. The number of pyridine rings is 1. The average Bonchev–Trinajstić information content (AvgIpc) is 3.08. The second-order valence-electron chi connectivity index (χ2n) is 11.1. The van der Waals surface area contributed by atoms with E-state index in [1.54, 1.807) is 11.1 Å². The molecule has 2 aromatic heterocycles. The van der Waals surface area contributed by atoms with Gasteiger partial charge in [-0.2, -0.15) is 31.3 Å². The highest BCUT2D eigenvalue weighted by Gasteiger charge is 2.54. The van der Waals surface area contributed by atoms with Crippen LogP contribution in [0.5, 0.6) is 5.75 Å². The van der Waals surface area contributed by atoms with Crippen molar-refractivity contribution in [3.63, 3.8) is 0 Å². The summed E-state index contributed by atoms with van der Waals surface area (Å²) in [5.41, 5.74) is 10.3. The van der Waals surface area contributed by atoms with E-state index in [2.05, 4.69) is 54.8 Å². The highest BCUT2D eigenvalue weighted by atomic mass is 35.5. The molecule has 19 heteroatoms. The molecule has 0 radical (unpaired) electrons. The van der Waals surface area contributed by atoms with Crippen LogP contribution >= 0.6 is 11.6 Å². The van der Waals surface area contributed by atoms with Gasteiger partial charge in [-0.3, -0.25) is 9.59 Å². The van der Waals surface area contributed by atoms with Gasteiger partial charge < -0.3 is 30.9 Å². The third kappa shape index (κ3) is 9.53. The zero-order valence-electron chi connectivity index (χ0n) is 26.2. The van der Waals surface area contributed by atoms with Crippen LogP contribution in [-0.2, 0) is 16.0 Å². The van der Waals surface area contributed by atoms with E-state index >= 15 is 0 Å². The molecule has 2 aliphatic heterocycles. The number of carbonyl (C=O) groups is 3. The van der Waals surface area contributed by atoms with Crippen LogP contribution < -0.4 is 26.0 Å². The molecule has 4 heterocycles. The molecule has 268 valence electrons. The summed E-state index contributed by atoms with van der Waals surface area (Å²) < 4.78 is 73.0. The Morgan fingerprint density at radius 2 is 1.53 bits per heavy atom. The van der Waals surface area contributed by atoms with Gasteiger partial charge in [0.15, 0.2) is 5.82 Å². The summed E-state index contributed by atoms with van der Waals surface area (Å²) in [5.74, 6) is -4.28. The first kappa shape index (κ1) is 36.6. The Morgan fingerprint density at radius 3 is 2.20 bits per heavy atom. The first-order valence-corrected chi connectivity index (χ1v) is 15.4. The van der Waals surface area contributed by atoms with E-state index in [9.17, 15) is 40.7 Å². The van der Waals surface area contributed by atoms with Crippen LogP contribution in [0.4, 0.5) is 60.1 Å². The normalized spacial score (nSPS) is 14.4. The number of nitrogens with one attached hydrogen (secondary N) is 2. The number of piperazine rings is 1. The minimum absolute atomic E-state index is 0.386. The van der Waals surface area contributed by atoms with E-state index in [4.69, 9.17) is 22.1 Å². The number of hydrogen-bond acceptors (Lipinski definition) is 10. The number of nitrogens with two attached hydrogens (primary N) is 1. The second-order valence-corrected chi connectivity index (χ2v) is 11.5. The molecule has 0 saturated carbocycles. The fraction of sp³-hybridized carbons (Fsp3) is 0.250. The number of ether oxygens (including phenoxy) is 1. The Balaban J connectivity index is 0.000000362. The lowest BCUT2D eigenvalue weighted by Gasteiger charge is -2.34. The molecule has 12 nitrogen and oxygen atoms in total. The van der Waals surface area contributed by atoms with Crippen molar-refractivity contribution in [2.75, 3.05) is 48.3 Å². The molecule has 2 aliphatic rings. The summed E-state index contributed by atoms with van der Waals surface area (Å²) >= 11 is 6.38. The van der Waals surface area contributed by atoms with Crippen LogP contribution in [0.2, 0.25) is 5.02 Å². The van der Waals surface area contributed by atoms with Crippen molar-refractivity contribution in [1.29, 1.82) is 0 Å². The standard InChI is InChI=1S/C28H27ClN8O2.C4F6O2/c29-24-17-32-28-34-22-13-18(5-11-39-23-3-1-2-21(16-23)33-26(24)35-28)12-20(14-22)19-4-6-31-25(15-19)36-7-9-37(10-8-36)27(30)38;5-3(6,7)1(11)2(12)4(8,9)10/h1-4,6,12-17H,5,7-11H2,(H2,30,38)(H2,32,33,34,35);. The summed E-state index contributed by atoms with van der Waals surface area (Å²) in [6.07, 6.45) is -7.45. The fourth-order valence-electron chi connectivity index (χ4n) is 4.99. The van der Waals surface area contributed by atoms with Gasteiger partial charge in [0.2, 0.25) is 5.95 Å². The smallest absolute Gasteiger partial charge is 0.458 e. The van der Waals surface area contributed by atoms with Gasteiger partial charge in [0, 0.05) is 56.2 Å². The molecule has 0 spiro atoms. The summed E-state index contributed by atoms with van der Waals surface area (Å²) in [7, 11) is 0. The molecule has 2 amide bonds. The van der Waals surface area contributed by atoms with Crippen molar-refractivity contribution in [2.45, 2.75) is 18.8 Å². The minimum atomic E-state index is -5.77. The lowest BCUT2D eigenvalue weighted by atomic mass is 10.0. The van der Waals surface area contributed by atoms with E-state index < -0.39 is 23.9 Å². The van der Waals surface area contributed by atoms with E-state index in [1.807, 2.05) is 36.5 Å². The van der Waals surface area contributed by atoms with Gasteiger partial charge in [-0.05, 0) is 53.1 Å². The third-order valence-corrected chi connectivity index (χ3v) is 7.74. The van der Waals surface area contributed by atoms with Crippen molar-refractivity contribution in [1.82, 2.24) is 19.9 Å². The van der Waals surface area contributed by atoms with Crippen LogP contribution in [0.3, 0.4) is 0 Å². The van der Waals surface area contributed by atoms with Crippen molar-refractivity contribution in [2.24, 2.45) is 5.73 Å². The first-order chi connectivity index (χ1) is 24.1. The van der Waals surface area contributed by atoms with Crippen molar-refractivity contribution in [3.8, 4) is 16.9 Å². The van der Waals surface area contributed by atoms with Gasteiger partial charge in [-0.15, -0.1) is 0 Å². The van der Waals surface area contributed by atoms with Crippen molar-refractivity contribution >= 4 is 58.2 Å². The Morgan fingerprint density at radius 1 is 0.824 bits per heavy atom. The maximum Gasteiger partial charge on any atom is 0.458 e. The highest BCUT2D eigenvalue weighted by molar-refractivity contribution is 6.41. The Labute approximate surface area is 290 Å². The number of aromatic nitrogens is 3. The van der Waals surface area contributed by atoms with Crippen molar-refractivity contribution in [3.05, 3.63) is 77.6 Å². The molecule has 1 fully saturated rings. The largest absolute Gasteiger partial charge is 0.493 e. The van der Waals surface area contributed by atoms with E-state index in [-0.39, 0.29) is 6.03 Å². The summed E-state index contributed by atoms with van der Waals surface area (Å²) in [6.45, 7) is 3.02. The minimum Gasteiger partial charge on any atom is -0.493 e. The number of primary amides is 1. The predicted molar refractivity (Wildman–Crippen MR) is 174 cm³/mol. The lowest BCUT2D eigenvalue weighted by molar-refractivity contribution is -0.193. The zero-order valence-corrected chi connectivity index (χ0v) is 26.9. The number of benzene rings is 2. The number of hydrogen-bond donors (Lipinski definition) is 3. The highest BCUT2D eigenvalue weighted by Crippen LogP contribution is 2.31. The van der Waals surface area contributed by atoms with Gasteiger partial charge in [0.25, 0.3) is 0 Å². The number of anilines is 5. The maximum atomic E-state index is 11.5. The molecule has 4 aromatic rings. The van der Waals surface area contributed by atoms with Gasteiger partial charge in [0.1, 0.15) is 16.6 Å². The van der Waals surface area contributed by atoms with Crippen LogP contribution in [0.15, 0.2) is 67.0 Å². The molecule has 1 saturated heterocycles. The third-order valence-electron chi connectivity index (χ3n) is 7.46. The van der Waals surface area contributed by atoms with Crippen LogP contribution in [0.25, 0.3) is 11.1 Å². The number of carbonyl (C=O) groups excluding carboxylic acids is 3. The number of Topliss-reactive ketones (excluding diaryl/α,β-unsaturated/α-hetero) is 2. The Kier molecular flexibility index (Phi) is 10.8. The van der Waals surface area contributed by atoms with Gasteiger partial charge >= 0.3 is 30.0 Å². The summed E-state index contributed by atoms with van der Waals surface area (Å²) in [6, 6.07) is 17.7. The van der Waals surface area contributed by atoms with E-state index in [0.717, 1.165) is 39.6 Å². The molecular weight excluding hydrogens is 710 g/mol. The number of ketones is 2. The molecule has 51 heavy (non-hydrogen) atoms. The molecule has 0 atom stereocenters. The topological polar surface area (TPSA) is 156 Å². The lowest BCUT2D eigenvalue weighted by Crippen LogP contribution is -2.50. The summed E-state index contributed by atoms with van der Waals surface area (Å²) in [5, 5.41) is 7.00. The SMILES string of the molecule is NC(=O)N1CCN(c2cc(-c3cc4cc(c3)Nc3ncc(Cl)c(n3)Nc3cccc(c3)OCC4)ccn2)CC1.O=C(C(=O)C(F)(F)F)C(F)(F)F. The van der Waals surface area contributed by atoms with Crippen LogP contribution in [0, 0.1) is 0 Å². The van der Waals surface area contributed by atoms with Crippen LogP contribution in [0.1, 0.15) is 5.56 Å². The van der Waals surface area contributed by atoms with Crippen molar-refractivity contribution < 1.29 is 45.5 Å². The summed E-state index contributed by atoms with van der Waals surface area (Å²) in [4.78, 5) is 48.1. The molecule has 0 aliphatic carbocycles. The Hall–Kier alpha value is -5.65. The molecule has 2 aromatic carbocycles. The molecule has 4 N–H and O–H groups in total. The number of alkyl halides is 6. The molecular formula is C32H27ClF6N8O4. The maximum absolute atomic E-state index is 11.5. The van der Waals surface area contributed by atoms with E-state index in [0.29, 0.717) is 56.0 Å². The number of amides is 2. The van der Waals surface area contributed by atoms with Crippen LogP contribution in [-0.4, -0.2) is 82.6 Å². The second kappa shape index (κ2) is 15.1. The number of urea groups is 1. The molecule has 0 unspecified atom stereocenters. The fourth-order valence-corrected chi connectivity index (χ4v) is 5.13. The van der Waals surface area contributed by atoms with Gasteiger partial charge in [-0.25, -0.2) is 14.8 Å².